The maximum absolute atomic E-state index is 10.8. The molecule has 0 fully saturated rings. The molecule has 2 rings (SSSR count). The van der Waals surface area contributed by atoms with Crippen molar-refractivity contribution in [2.75, 3.05) is 23.7 Å². The zero-order valence-corrected chi connectivity index (χ0v) is 14.4. The Morgan fingerprint density at radius 3 is 2.65 bits per heavy atom. The molecule has 0 atom stereocenters. The van der Waals surface area contributed by atoms with E-state index in [0.29, 0.717) is 23.2 Å². The predicted octanol–water partition coefficient (Wildman–Crippen LogP) is 3.03. The molecule has 2 N–H and O–H groups in total. The number of benzene rings is 1. The van der Waals surface area contributed by atoms with E-state index in [1.165, 1.54) is 0 Å². The molecular formula is C12H13Br2NO4S. The Labute approximate surface area is 134 Å². The van der Waals surface area contributed by atoms with Gasteiger partial charge >= 0.3 is 0 Å². The average molecular weight is 427 g/mol. The topological polar surface area (TPSA) is 77.8 Å². The molecule has 0 aromatic heterocycles. The molecule has 1 aromatic carbocycles. The zero-order chi connectivity index (χ0) is 14.9. The van der Waals surface area contributed by atoms with Crippen LogP contribution in [-0.4, -0.2) is 36.9 Å². The van der Waals surface area contributed by atoms with Crippen molar-refractivity contribution in [3.63, 3.8) is 0 Å². The molecule has 0 spiro atoms. The summed E-state index contributed by atoms with van der Waals surface area (Å²) >= 11 is 6.73. The van der Waals surface area contributed by atoms with Crippen molar-refractivity contribution < 1.29 is 18.1 Å². The number of anilines is 1. The van der Waals surface area contributed by atoms with Gasteiger partial charge in [0.2, 0.25) is 0 Å². The van der Waals surface area contributed by atoms with E-state index in [9.17, 15) is 13.5 Å². The van der Waals surface area contributed by atoms with Crippen LogP contribution in [0.5, 0.6) is 5.75 Å². The first-order valence-electron chi connectivity index (χ1n) is 5.87. The van der Waals surface area contributed by atoms with Crippen LogP contribution in [0.3, 0.4) is 0 Å². The van der Waals surface area contributed by atoms with Gasteiger partial charge in [0.15, 0.2) is 5.75 Å². The third-order valence-electron chi connectivity index (χ3n) is 2.97. The van der Waals surface area contributed by atoms with Crippen LogP contribution in [0.2, 0.25) is 0 Å². The largest absolute Gasteiger partial charge is 0.505 e. The number of halogens is 2. The SMILES string of the molecule is O=S(=O)(O)CCCN1CC=Cc2c(Br)cc(Br)c(O)c21. The maximum atomic E-state index is 10.8. The van der Waals surface area contributed by atoms with Gasteiger partial charge in [0.1, 0.15) is 0 Å². The molecule has 1 aliphatic heterocycles. The van der Waals surface area contributed by atoms with E-state index >= 15 is 0 Å². The minimum Gasteiger partial charge on any atom is -0.505 e. The van der Waals surface area contributed by atoms with Gasteiger partial charge in [-0.25, -0.2) is 0 Å². The van der Waals surface area contributed by atoms with Crippen LogP contribution in [0.25, 0.3) is 6.08 Å². The van der Waals surface area contributed by atoms with Crippen molar-refractivity contribution in [1.82, 2.24) is 0 Å². The van der Waals surface area contributed by atoms with Crippen LogP contribution in [-0.2, 0) is 10.1 Å². The summed E-state index contributed by atoms with van der Waals surface area (Å²) in [6, 6.07) is 1.76. The molecule has 0 amide bonds. The van der Waals surface area contributed by atoms with E-state index in [1.807, 2.05) is 17.1 Å². The Morgan fingerprint density at radius 1 is 1.30 bits per heavy atom. The fraction of sp³-hybridized carbons (Fsp3) is 0.333. The summed E-state index contributed by atoms with van der Waals surface area (Å²) in [5.41, 5.74) is 1.51. The van der Waals surface area contributed by atoms with E-state index in [0.717, 1.165) is 10.0 Å². The fourth-order valence-corrected chi connectivity index (χ4v) is 3.89. The molecular weight excluding hydrogens is 414 g/mol. The number of phenols is 1. The Morgan fingerprint density at radius 2 is 2.00 bits per heavy atom. The van der Waals surface area contributed by atoms with Crippen molar-refractivity contribution in [3.8, 4) is 5.75 Å². The number of rotatable bonds is 4. The number of nitrogens with zero attached hydrogens (tertiary/aromatic N) is 1. The van der Waals surface area contributed by atoms with Gasteiger partial charge in [0, 0.05) is 23.1 Å². The molecule has 0 saturated heterocycles. The molecule has 0 radical (unpaired) electrons. The van der Waals surface area contributed by atoms with E-state index in [-0.39, 0.29) is 17.9 Å². The highest BCUT2D eigenvalue weighted by molar-refractivity contribution is 9.11. The van der Waals surface area contributed by atoms with Gasteiger partial charge < -0.3 is 10.0 Å². The standard InChI is InChI=1S/C12H13Br2NO4S/c13-9-7-10(14)12(16)11-8(9)3-1-4-15(11)5-2-6-20(17,18)19/h1,3,7,16H,2,4-6H2,(H,17,18,19). The van der Waals surface area contributed by atoms with Crippen molar-refractivity contribution in [2.24, 2.45) is 0 Å². The normalized spacial score (nSPS) is 14.4. The molecule has 0 unspecified atom stereocenters. The lowest BCUT2D eigenvalue weighted by Crippen LogP contribution is -2.28. The predicted molar refractivity (Wildman–Crippen MR) is 85.8 cm³/mol. The number of fused-ring (bicyclic) bond motifs is 1. The highest BCUT2D eigenvalue weighted by Gasteiger charge is 2.22. The molecule has 20 heavy (non-hydrogen) atoms. The smallest absolute Gasteiger partial charge is 0.264 e. The summed E-state index contributed by atoms with van der Waals surface area (Å²) in [5, 5.41) is 10.2. The third kappa shape index (κ3) is 3.55. The summed E-state index contributed by atoms with van der Waals surface area (Å²) in [5.74, 6) is -0.169. The van der Waals surface area contributed by atoms with Gasteiger partial charge in [0.05, 0.1) is 15.9 Å². The highest BCUT2D eigenvalue weighted by Crippen LogP contribution is 2.44. The second-order valence-corrected chi connectivity index (χ2v) is 7.72. The first kappa shape index (κ1) is 15.8. The number of hydrogen-bond acceptors (Lipinski definition) is 4. The highest BCUT2D eigenvalue weighted by atomic mass is 79.9. The minimum absolute atomic E-state index is 0.124. The summed E-state index contributed by atoms with van der Waals surface area (Å²) in [6.07, 6.45) is 4.13. The van der Waals surface area contributed by atoms with E-state index in [1.54, 1.807) is 6.07 Å². The number of hydrogen-bond donors (Lipinski definition) is 2. The first-order chi connectivity index (χ1) is 9.29. The molecule has 1 heterocycles. The molecule has 0 aliphatic carbocycles. The molecule has 1 aromatic rings. The molecule has 0 bridgehead atoms. The van der Waals surface area contributed by atoms with Gasteiger partial charge in [-0.05, 0) is 28.4 Å². The van der Waals surface area contributed by atoms with Crippen LogP contribution in [0.4, 0.5) is 5.69 Å². The summed E-state index contributed by atoms with van der Waals surface area (Å²) in [4.78, 5) is 1.88. The zero-order valence-electron chi connectivity index (χ0n) is 10.4. The second-order valence-electron chi connectivity index (χ2n) is 4.44. The first-order valence-corrected chi connectivity index (χ1v) is 9.06. The molecule has 1 aliphatic rings. The van der Waals surface area contributed by atoms with Crippen LogP contribution < -0.4 is 4.90 Å². The van der Waals surface area contributed by atoms with Crippen LogP contribution >= 0.6 is 31.9 Å². The van der Waals surface area contributed by atoms with Gasteiger partial charge in [-0.3, -0.25) is 4.55 Å². The lowest BCUT2D eigenvalue weighted by Gasteiger charge is -2.29. The van der Waals surface area contributed by atoms with E-state index < -0.39 is 10.1 Å². The molecule has 8 heteroatoms. The Hall–Kier alpha value is -0.570. The summed E-state index contributed by atoms with van der Waals surface area (Å²) in [6.45, 7) is 1.00. The lowest BCUT2D eigenvalue weighted by molar-refractivity contribution is 0.470. The Balaban J connectivity index is 2.26. The molecule has 110 valence electrons. The minimum atomic E-state index is -3.95. The van der Waals surface area contributed by atoms with E-state index in [2.05, 4.69) is 31.9 Å². The molecule has 0 saturated carbocycles. The maximum Gasteiger partial charge on any atom is 0.264 e. The average Bonchev–Trinajstić information content (AvgIpc) is 2.34. The van der Waals surface area contributed by atoms with Gasteiger partial charge in [-0.2, -0.15) is 8.42 Å². The molecule has 5 nitrogen and oxygen atoms in total. The Kier molecular flexibility index (Phi) is 4.78. The van der Waals surface area contributed by atoms with E-state index in [4.69, 9.17) is 4.55 Å². The fourth-order valence-electron chi connectivity index (χ4n) is 2.12. The monoisotopic (exact) mass is 425 g/mol. The van der Waals surface area contributed by atoms with Gasteiger partial charge in [-0.1, -0.05) is 28.1 Å². The van der Waals surface area contributed by atoms with Gasteiger partial charge in [0.25, 0.3) is 10.1 Å². The van der Waals surface area contributed by atoms with Crippen LogP contribution in [0, 0.1) is 0 Å². The lowest BCUT2D eigenvalue weighted by atomic mass is 10.1. The number of aromatic hydroxyl groups is 1. The van der Waals surface area contributed by atoms with Gasteiger partial charge in [-0.15, -0.1) is 0 Å². The Bertz CT molecular complexity index is 658. The van der Waals surface area contributed by atoms with Crippen molar-refractivity contribution in [1.29, 1.82) is 0 Å². The van der Waals surface area contributed by atoms with Crippen molar-refractivity contribution in [2.45, 2.75) is 6.42 Å². The second kappa shape index (κ2) is 6.05. The van der Waals surface area contributed by atoms with Crippen molar-refractivity contribution in [3.05, 3.63) is 26.7 Å². The quantitative estimate of drug-likeness (QED) is 0.723. The third-order valence-corrected chi connectivity index (χ3v) is 5.04. The van der Waals surface area contributed by atoms with Crippen molar-refractivity contribution >= 4 is 53.7 Å². The van der Waals surface area contributed by atoms with Crippen LogP contribution in [0.1, 0.15) is 12.0 Å². The van der Waals surface area contributed by atoms with Crippen LogP contribution in [0.15, 0.2) is 21.1 Å². The summed E-state index contributed by atoms with van der Waals surface area (Å²) in [7, 11) is -3.95. The summed E-state index contributed by atoms with van der Waals surface area (Å²) < 4.78 is 31.7. The number of phenolic OH excluding ortho intramolecular Hbond substituents is 1.